The number of aliphatic carboxylic acids is 1. The van der Waals surface area contributed by atoms with Gasteiger partial charge in [0.2, 0.25) is 0 Å². The molecule has 0 radical (unpaired) electrons. The Hall–Kier alpha value is -3.14. The van der Waals surface area contributed by atoms with E-state index < -0.39 is 5.97 Å². The molecule has 0 saturated carbocycles. The Labute approximate surface area is 216 Å². The smallest absolute Gasteiger partial charge is 0.307 e. The molecule has 0 unspecified atom stereocenters. The summed E-state index contributed by atoms with van der Waals surface area (Å²) in [7, 11) is 3.33. The van der Waals surface area contributed by atoms with Crippen LogP contribution in [0.3, 0.4) is 0 Å². The lowest BCUT2D eigenvalue weighted by Gasteiger charge is -2.17. The first kappa shape index (κ1) is 25.0. The first-order valence-electron chi connectivity index (χ1n) is 10.7. The third-order valence-electron chi connectivity index (χ3n) is 5.22. The lowest BCUT2D eigenvalue weighted by Crippen LogP contribution is -2.02. The quantitative estimate of drug-likeness (QED) is 0.197. The van der Waals surface area contributed by atoms with Gasteiger partial charge in [-0.2, -0.15) is 0 Å². The van der Waals surface area contributed by atoms with E-state index in [9.17, 15) is 4.79 Å². The minimum Gasteiger partial charge on any atom is -0.493 e. The number of methoxy groups -OCH3 is 1. The normalized spacial score (nSPS) is 10.9. The zero-order valence-electron chi connectivity index (χ0n) is 19.6. The van der Waals surface area contributed by atoms with Crippen molar-refractivity contribution in [2.45, 2.75) is 25.2 Å². The van der Waals surface area contributed by atoms with Crippen molar-refractivity contribution in [1.82, 2.24) is 4.98 Å². The van der Waals surface area contributed by atoms with Gasteiger partial charge >= 0.3 is 5.97 Å². The lowest BCUT2D eigenvalue weighted by molar-refractivity contribution is -0.136. The Balaban J connectivity index is 1.74. The van der Waals surface area contributed by atoms with E-state index in [-0.39, 0.29) is 6.42 Å². The highest BCUT2D eigenvalue weighted by molar-refractivity contribution is 8.00. The molecule has 0 spiro atoms. The average molecular weight is 530 g/mol. The number of ether oxygens (including phenoxy) is 2. The first-order valence-corrected chi connectivity index (χ1v) is 12.7. The first-order chi connectivity index (χ1) is 16.8. The zero-order valence-corrected chi connectivity index (χ0v) is 22.0. The number of carbonyl (C=O) groups is 1. The summed E-state index contributed by atoms with van der Waals surface area (Å²) in [5, 5.41) is 13.3. The van der Waals surface area contributed by atoms with Crippen molar-refractivity contribution >= 4 is 61.9 Å². The number of rotatable bonds is 9. The molecule has 7 nitrogen and oxygen atoms in total. The van der Waals surface area contributed by atoms with Gasteiger partial charge in [0.15, 0.2) is 22.4 Å². The number of carboxylic acids is 1. The fraction of sp³-hybridized carbons (Fsp3) is 0.200. The van der Waals surface area contributed by atoms with Crippen molar-refractivity contribution in [2.24, 2.45) is 0 Å². The van der Waals surface area contributed by atoms with E-state index in [4.69, 9.17) is 26.2 Å². The summed E-state index contributed by atoms with van der Waals surface area (Å²) in [6, 6.07) is 13.2. The number of hydrogen-bond acceptors (Lipinski definition) is 8. The topological polar surface area (TPSA) is 92.7 Å². The maximum absolute atomic E-state index is 11.2. The van der Waals surface area contributed by atoms with Gasteiger partial charge in [0, 0.05) is 23.0 Å². The number of benzene rings is 3. The summed E-state index contributed by atoms with van der Waals surface area (Å²) in [5.74, 6) is 0.345. The van der Waals surface area contributed by atoms with Gasteiger partial charge < -0.3 is 24.6 Å². The van der Waals surface area contributed by atoms with Gasteiger partial charge in [-0.05, 0) is 61.2 Å². The molecular weight excluding hydrogens is 506 g/mol. The molecule has 1 heterocycles. The zero-order chi connectivity index (χ0) is 25.1. The second-order valence-corrected chi connectivity index (χ2v) is 10.1. The number of hydrogen-bond donors (Lipinski definition) is 3. The highest BCUT2D eigenvalue weighted by Crippen LogP contribution is 2.45. The lowest BCUT2D eigenvalue weighted by atomic mass is 10.1. The molecule has 182 valence electrons. The minimum absolute atomic E-state index is 0.214. The molecule has 35 heavy (non-hydrogen) atoms. The van der Waals surface area contributed by atoms with E-state index >= 15 is 0 Å². The van der Waals surface area contributed by atoms with Crippen LogP contribution in [0.4, 0.5) is 10.8 Å². The summed E-state index contributed by atoms with van der Waals surface area (Å²) in [4.78, 5) is 16.9. The Morgan fingerprint density at radius 2 is 1.94 bits per heavy atom. The van der Waals surface area contributed by atoms with E-state index in [2.05, 4.69) is 47.1 Å². The predicted molar refractivity (Wildman–Crippen MR) is 144 cm³/mol. The van der Waals surface area contributed by atoms with Crippen molar-refractivity contribution in [3.63, 3.8) is 0 Å². The molecule has 0 atom stereocenters. The molecule has 4 rings (SSSR count). The van der Waals surface area contributed by atoms with Crippen LogP contribution in [-0.4, -0.2) is 30.2 Å². The maximum atomic E-state index is 11.2. The number of anilines is 2. The molecule has 0 saturated heterocycles. The van der Waals surface area contributed by atoms with Crippen molar-refractivity contribution in [1.29, 1.82) is 0 Å². The van der Waals surface area contributed by atoms with Crippen LogP contribution in [0.5, 0.6) is 17.2 Å². The Bertz CT molecular complexity index is 1410. The SMILES string of the molecule is CNc1nc2ccc(Oc3cc(Cl)c(CC(=O)O)cc3OC)c(NSc3ccc(C)cc3C)c2s1. The van der Waals surface area contributed by atoms with E-state index in [0.717, 1.165) is 25.9 Å². The molecule has 0 aliphatic carbocycles. The van der Waals surface area contributed by atoms with E-state index in [1.165, 1.54) is 41.5 Å². The molecular formula is C25H24ClN3O4S2. The number of carboxylic acid groups (broad SMARTS) is 1. The number of halogens is 1. The van der Waals surface area contributed by atoms with Gasteiger partial charge in [0.25, 0.3) is 0 Å². The largest absolute Gasteiger partial charge is 0.493 e. The fourth-order valence-electron chi connectivity index (χ4n) is 3.52. The third kappa shape index (κ3) is 5.58. The Morgan fingerprint density at radius 3 is 2.63 bits per heavy atom. The maximum Gasteiger partial charge on any atom is 0.307 e. The molecule has 0 amide bonds. The predicted octanol–water partition coefficient (Wildman–Crippen LogP) is 7.16. The Kier molecular flexibility index (Phi) is 7.59. The van der Waals surface area contributed by atoms with Crippen LogP contribution in [-0.2, 0) is 11.2 Å². The van der Waals surface area contributed by atoms with Gasteiger partial charge in [-0.3, -0.25) is 4.79 Å². The standard InChI is InChI=1S/C25H24ClN3O4S2/c1-13-5-8-21(14(2)9-13)35-29-23-18(7-6-17-24(23)34-25(27-3)28-17)33-20-12-16(26)15(11-22(30)31)10-19(20)32-4/h5-10,12,29H,11H2,1-4H3,(H,27,28)(H,30,31). The second kappa shape index (κ2) is 10.6. The minimum atomic E-state index is -0.978. The van der Waals surface area contributed by atoms with Crippen LogP contribution < -0.4 is 19.5 Å². The average Bonchev–Trinajstić information content (AvgIpc) is 3.24. The second-order valence-electron chi connectivity index (χ2n) is 7.80. The van der Waals surface area contributed by atoms with Crippen LogP contribution in [0.2, 0.25) is 5.02 Å². The summed E-state index contributed by atoms with van der Waals surface area (Å²) in [5.41, 5.74) is 4.41. The van der Waals surface area contributed by atoms with Crippen molar-refractivity contribution in [3.05, 3.63) is 64.2 Å². The summed E-state index contributed by atoms with van der Waals surface area (Å²) < 4.78 is 16.2. The van der Waals surface area contributed by atoms with Crippen molar-refractivity contribution in [3.8, 4) is 17.2 Å². The van der Waals surface area contributed by atoms with Crippen LogP contribution in [0.1, 0.15) is 16.7 Å². The van der Waals surface area contributed by atoms with Gasteiger partial charge in [-0.25, -0.2) is 4.98 Å². The number of aromatic nitrogens is 1. The van der Waals surface area contributed by atoms with Gasteiger partial charge in [0.1, 0.15) is 5.69 Å². The monoisotopic (exact) mass is 529 g/mol. The highest BCUT2D eigenvalue weighted by Gasteiger charge is 2.18. The molecule has 0 fully saturated rings. The molecule has 3 aromatic carbocycles. The van der Waals surface area contributed by atoms with E-state index in [1.807, 2.05) is 19.2 Å². The molecule has 3 N–H and O–H groups in total. The fourth-order valence-corrected chi connectivity index (χ4v) is 5.48. The van der Waals surface area contributed by atoms with Crippen LogP contribution in [0, 0.1) is 13.8 Å². The number of nitrogens with one attached hydrogen (secondary N) is 2. The van der Waals surface area contributed by atoms with Gasteiger partial charge in [-0.15, -0.1) is 0 Å². The third-order valence-corrected chi connectivity index (χ3v) is 7.66. The van der Waals surface area contributed by atoms with Crippen molar-refractivity contribution in [2.75, 3.05) is 24.2 Å². The number of fused-ring (bicyclic) bond motifs is 1. The highest BCUT2D eigenvalue weighted by atomic mass is 35.5. The number of thiazole rings is 1. The molecule has 0 aliphatic heterocycles. The molecule has 4 aromatic rings. The molecule has 0 bridgehead atoms. The summed E-state index contributed by atoms with van der Waals surface area (Å²) >= 11 is 9.37. The Morgan fingerprint density at radius 1 is 1.14 bits per heavy atom. The van der Waals surface area contributed by atoms with Gasteiger partial charge in [-0.1, -0.05) is 40.6 Å². The molecule has 1 aromatic heterocycles. The summed E-state index contributed by atoms with van der Waals surface area (Å²) in [6.45, 7) is 4.14. The van der Waals surface area contributed by atoms with E-state index in [1.54, 1.807) is 12.1 Å². The van der Waals surface area contributed by atoms with Crippen LogP contribution in [0.25, 0.3) is 10.2 Å². The van der Waals surface area contributed by atoms with Crippen LogP contribution >= 0.6 is 34.9 Å². The van der Waals surface area contributed by atoms with E-state index in [0.29, 0.717) is 27.8 Å². The van der Waals surface area contributed by atoms with Crippen molar-refractivity contribution < 1.29 is 19.4 Å². The molecule has 0 aliphatic rings. The van der Waals surface area contributed by atoms with Crippen LogP contribution in [0.15, 0.2) is 47.4 Å². The number of nitrogens with zero attached hydrogens (tertiary/aromatic N) is 1. The number of aryl methyl sites for hydroxylation is 2. The van der Waals surface area contributed by atoms with Gasteiger partial charge in [0.05, 0.1) is 23.7 Å². The molecule has 10 heteroatoms. The summed E-state index contributed by atoms with van der Waals surface area (Å²) in [6.07, 6.45) is -0.214.